The summed E-state index contributed by atoms with van der Waals surface area (Å²) in [4.78, 5) is 22.4. The minimum atomic E-state index is -0.853. The summed E-state index contributed by atoms with van der Waals surface area (Å²) < 4.78 is 0. The molecule has 0 radical (unpaired) electrons. The van der Waals surface area contributed by atoms with Gasteiger partial charge >= 0.3 is 0 Å². The highest BCUT2D eigenvalue weighted by Gasteiger charge is 2.36. The van der Waals surface area contributed by atoms with E-state index in [1.54, 1.807) is 0 Å². The van der Waals surface area contributed by atoms with E-state index in [4.69, 9.17) is 0 Å². The Kier molecular flexibility index (Phi) is 4.22. The van der Waals surface area contributed by atoms with Gasteiger partial charge in [-0.15, -0.1) is 0 Å². The highest BCUT2D eigenvalue weighted by atomic mass is 16.6. The second-order valence-corrected chi connectivity index (χ2v) is 5.64. The Morgan fingerprint density at radius 1 is 1.48 bits per heavy atom. The number of non-ortho nitro benzene ring substituents is 1. The van der Waals surface area contributed by atoms with Crippen molar-refractivity contribution in [2.75, 3.05) is 0 Å². The van der Waals surface area contributed by atoms with Crippen LogP contribution in [0, 0.1) is 27.4 Å². The highest BCUT2D eigenvalue weighted by Crippen LogP contribution is 2.31. The molecule has 1 amide bonds. The number of benzene rings is 1. The number of nitrogens with zero attached hydrogens (tertiary/aromatic N) is 2. The molecule has 0 heterocycles. The number of nitrogens with one attached hydrogen (secondary N) is 1. The first-order chi connectivity index (χ1) is 9.96. The highest BCUT2D eigenvalue weighted by molar-refractivity contribution is 5.95. The van der Waals surface area contributed by atoms with Crippen LogP contribution in [-0.2, 0) is 0 Å². The van der Waals surface area contributed by atoms with Crippen molar-refractivity contribution >= 4 is 11.6 Å². The summed E-state index contributed by atoms with van der Waals surface area (Å²) in [6.45, 7) is 2.13. The molecule has 110 valence electrons. The molecular weight excluding hydrogens is 270 g/mol. The van der Waals surface area contributed by atoms with Gasteiger partial charge in [0.1, 0.15) is 5.54 Å². The molecule has 21 heavy (non-hydrogen) atoms. The van der Waals surface area contributed by atoms with Crippen molar-refractivity contribution in [1.82, 2.24) is 5.32 Å². The molecule has 6 nitrogen and oxygen atoms in total. The van der Waals surface area contributed by atoms with Crippen molar-refractivity contribution in [3.63, 3.8) is 0 Å². The predicted molar refractivity (Wildman–Crippen MR) is 76.5 cm³/mol. The Balaban J connectivity index is 2.15. The number of carbonyl (C=O) groups excluding carboxylic acids is 1. The van der Waals surface area contributed by atoms with Crippen LogP contribution in [0.4, 0.5) is 5.69 Å². The fourth-order valence-corrected chi connectivity index (χ4v) is 2.57. The van der Waals surface area contributed by atoms with Crippen molar-refractivity contribution in [2.45, 2.75) is 38.1 Å². The number of nitro groups is 1. The van der Waals surface area contributed by atoms with Crippen LogP contribution in [0.1, 0.15) is 43.0 Å². The number of amides is 1. The lowest BCUT2D eigenvalue weighted by Crippen LogP contribution is -2.49. The zero-order valence-electron chi connectivity index (χ0n) is 11.8. The van der Waals surface area contributed by atoms with E-state index in [0.29, 0.717) is 18.8 Å². The van der Waals surface area contributed by atoms with Gasteiger partial charge < -0.3 is 5.32 Å². The van der Waals surface area contributed by atoms with E-state index in [9.17, 15) is 20.2 Å². The van der Waals surface area contributed by atoms with Crippen LogP contribution in [0.3, 0.4) is 0 Å². The van der Waals surface area contributed by atoms with Crippen LogP contribution in [0.2, 0.25) is 0 Å². The van der Waals surface area contributed by atoms with Gasteiger partial charge in [-0.1, -0.05) is 13.0 Å². The Hall–Kier alpha value is -2.42. The fraction of sp³-hybridized carbons (Fsp3) is 0.467. The first-order valence-corrected chi connectivity index (χ1v) is 6.94. The zero-order chi connectivity index (χ0) is 15.5. The van der Waals surface area contributed by atoms with Gasteiger partial charge in [-0.2, -0.15) is 5.26 Å². The third-order valence-corrected chi connectivity index (χ3v) is 4.01. The van der Waals surface area contributed by atoms with Gasteiger partial charge in [-0.25, -0.2) is 0 Å². The molecule has 1 aromatic rings. The van der Waals surface area contributed by atoms with E-state index >= 15 is 0 Å². The number of hydrogen-bond acceptors (Lipinski definition) is 4. The Labute approximate surface area is 122 Å². The van der Waals surface area contributed by atoms with E-state index in [1.165, 1.54) is 24.3 Å². The first kappa shape index (κ1) is 15.0. The Morgan fingerprint density at radius 2 is 2.14 bits per heavy atom. The quantitative estimate of drug-likeness (QED) is 0.683. The van der Waals surface area contributed by atoms with Crippen LogP contribution in [-0.4, -0.2) is 16.4 Å². The summed E-state index contributed by atoms with van der Waals surface area (Å²) in [5, 5.41) is 22.9. The lowest BCUT2D eigenvalue weighted by atomic mass is 9.78. The zero-order valence-corrected chi connectivity index (χ0v) is 11.8. The maximum absolute atomic E-state index is 12.2. The minimum Gasteiger partial charge on any atom is -0.334 e. The number of nitro benzene ring substituents is 1. The van der Waals surface area contributed by atoms with E-state index < -0.39 is 16.4 Å². The topological polar surface area (TPSA) is 96.0 Å². The van der Waals surface area contributed by atoms with Crippen molar-refractivity contribution in [2.24, 2.45) is 5.92 Å². The van der Waals surface area contributed by atoms with E-state index in [-0.39, 0.29) is 11.3 Å². The normalized spacial score (nSPS) is 24.9. The standard InChI is InChI=1S/C15H17N3O3/c1-11-5-7-15(10-16,8-6-11)17-14(19)12-3-2-4-13(9-12)18(20)21/h2-4,9,11H,5-8H2,1H3,(H,17,19). The van der Waals surface area contributed by atoms with Crippen LogP contribution < -0.4 is 5.32 Å². The SMILES string of the molecule is CC1CCC(C#N)(NC(=O)c2cccc([N+](=O)[O-])c2)CC1. The number of nitriles is 1. The van der Waals surface area contributed by atoms with Crippen LogP contribution in [0.15, 0.2) is 24.3 Å². The molecule has 1 N–H and O–H groups in total. The maximum atomic E-state index is 12.2. The summed E-state index contributed by atoms with van der Waals surface area (Å²) in [7, 11) is 0. The summed E-state index contributed by atoms with van der Waals surface area (Å²) in [5.74, 6) is 0.121. The van der Waals surface area contributed by atoms with Gasteiger partial charge in [0.2, 0.25) is 0 Å². The van der Waals surface area contributed by atoms with E-state index in [2.05, 4.69) is 18.3 Å². The van der Waals surface area contributed by atoms with Gasteiger partial charge in [-0.05, 0) is 37.7 Å². The second kappa shape index (κ2) is 5.92. The predicted octanol–water partition coefficient (Wildman–Crippen LogP) is 2.80. The molecular formula is C15H17N3O3. The average molecular weight is 287 g/mol. The first-order valence-electron chi connectivity index (χ1n) is 6.94. The Morgan fingerprint density at radius 3 is 2.71 bits per heavy atom. The number of carbonyl (C=O) groups is 1. The van der Waals surface area contributed by atoms with Gasteiger partial charge in [0, 0.05) is 17.7 Å². The molecule has 1 aliphatic rings. The third-order valence-electron chi connectivity index (χ3n) is 4.01. The van der Waals surface area contributed by atoms with E-state index in [1.807, 2.05) is 0 Å². The number of hydrogen-bond donors (Lipinski definition) is 1. The minimum absolute atomic E-state index is 0.133. The molecule has 0 atom stereocenters. The van der Waals surface area contributed by atoms with Crippen molar-refractivity contribution in [1.29, 1.82) is 5.26 Å². The van der Waals surface area contributed by atoms with Crippen molar-refractivity contribution in [3.8, 4) is 6.07 Å². The molecule has 0 saturated heterocycles. The molecule has 0 spiro atoms. The summed E-state index contributed by atoms with van der Waals surface area (Å²) in [6.07, 6.45) is 3.02. The van der Waals surface area contributed by atoms with Gasteiger partial charge in [0.05, 0.1) is 11.0 Å². The van der Waals surface area contributed by atoms with Crippen LogP contribution in [0.25, 0.3) is 0 Å². The molecule has 2 rings (SSSR count). The number of rotatable bonds is 3. The lowest BCUT2D eigenvalue weighted by molar-refractivity contribution is -0.384. The van der Waals surface area contributed by atoms with Crippen LogP contribution >= 0.6 is 0 Å². The summed E-state index contributed by atoms with van der Waals surface area (Å²) >= 11 is 0. The van der Waals surface area contributed by atoms with Gasteiger partial charge in [0.25, 0.3) is 11.6 Å². The van der Waals surface area contributed by atoms with Gasteiger partial charge in [-0.3, -0.25) is 14.9 Å². The lowest BCUT2D eigenvalue weighted by Gasteiger charge is -2.34. The molecule has 0 aliphatic heterocycles. The third kappa shape index (κ3) is 3.37. The smallest absolute Gasteiger partial charge is 0.270 e. The molecule has 1 aromatic carbocycles. The molecule has 0 bridgehead atoms. The molecule has 1 fully saturated rings. The largest absolute Gasteiger partial charge is 0.334 e. The average Bonchev–Trinajstić information content (AvgIpc) is 2.50. The maximum Gasteiger partial charge on any atom is 0.270 e. The molecule has 1 saturated carbocycles. The molecule has 0 aromatic heterocycles. The molecule has 1 aliphatic carbocycles. The molecule has 6 heteroatoms. The Bertz CT molecular complexity index is 598. The van der Waals surface area contributed by atoms with E-state index in [0.717, 1.165) is 12.8 Å². The molecule has 0 unspecified atom stereocenters. The van der Waals surface area contributed by atoms with Gasteiger partial charge in [0.15, 0.2) is 0 Å². The van der Waals surface area contributed by atoms with Crippen molar-refractivity contribution in [3.05, 3.63) is 39.9 Å². The monoisotopic (exact) mass is 287 g/mol. The van der Waals surface area contributed by atoms with Crippen LogP contribution in [0.5, 0.6) is 0 Å². The second-order valence-electron chi connectivity index (χ2n) is 5.64. The summed E-state index contributed by atoms with van der Waals surface area (Å²) in [6, 6.07) is 7.75. The van der Waals surface area contributed by atoms with Crippen molar-refractivity contribution < 1.29 is 9.72 Å². The fourth-order valence-electron chi connectivity index (χ4n) is 2.57. The summed E-state index contributed by atoms with van der Waals surface area (Å²) in [5.41, 5.74) is -0.780.